The fourth-order valence-corrected chi connectivity index (χ4v) is 2.76. The quantitative estimate of drug-likeness (QED) is 0.729. The van der Waals surface area contributed by atoms with Crippen molar-refractivity contribution in [2.75, 3.05) is 0 Å². The van der Waals surface area contributed by atoms with Crippen molar-refractivity contribution >= 4 is 5.78 Å². The molecule has 0 spiro atoms. The van der Waals surface area contributed by atoms with Gasteiger partial charge in [0.05, 0.1) is 6.10 Å². The van der Waals surface area contributed by atoms with Crippen LogP contribution in [0.15, 0.2) is 22.8 Å². The number of carbonyl (C=O) groups is 1. The molecule has 0 aliphatic heterocycles. The number of hydrogen-bond donors (Lipinski definition) is 1. The fraction of sp³-hybridized carbons (Fsp3) is 0.643. The minimum Gasteiger partial charge on any atom is -0.389 e. The molecule has 1 aliphatic carbocycles. The summed E-state index contributed by atoms with van der Waals surface area (Å²) in [6, 6.07) is 0. The van der Waals surface area contributed by atoms with Crippen LogP contribution >= 0.6 is 0 Å². The van der Waals surface area contributed by atoms with Crippen LogP contribution in [0.5, 0.6) is 0 Å². The third kappa shape index (κ3) is 2.62. The van der Waals surface area contributed by atoms with Gasteiger partial charge >= 0.3 is 0 Å². The Morgan fingerprint density at radius 2 is 2.00 bits per heavy atom. The number of allylic oxidation sites excluding steroid dienone is 3. The van der Waals surface area contributed by atoms with E-state index in [-0.39, 0.29) is 17.3 Å². The Morgan fingerprint density at radius 1 is 1.44 bits per heavy atom. The lowest BCUT2D eigenvalue weighted by atomic mass is 9.69. The Bertz CT molecular complexity index is 359. The zero-order chi connectivity index (χ0) is 12.5. The van der Waals surface area contributed by atoms with Crippen molar-refractivity contribution < 1.29 is 9.90 Å². The van der Waals surface area contributed by atoms with Crippen LogP contribution in [0.2, 0.25) is 0 Å². The second kappa shape index (κ2) is 4.54. The Hall–Kier alpha value is -0.890. The molecule has 0 heterocycles. The smallest absolute Gasteiger partial charge is 0.152 e. The summed E-state index contributed by atoms with van der Waals surface area (Å²) in [5, 5.41) is 9.89. The van der Waals surface area contributed by atoms with E-state index in [0.717, 1.165) is 29.6 Å². The van der Waals surface area contributed by atoms with Gasteiger partial charge in [0.25, 0.3) is 0 Å². The van der Waals surface area contributed by atoms with Crippen LogP contribution < -0.4 is 0 Å². The summed E-state index contributed by atoms with van der Waals surface area (Å²) in [5.74, 6) is 0.0636. The van der Waals surface area contributed by atoms with E-state index in [1.807, 2.05) is 13.8 Å². The average molecular weight is 222 g/mol. The molecule has 0 fully saturated rings. The summed E-state index contributed by atoms with van der Waals surface area (Å²) in [7, 11) is 0. The monoisotopic (exact) mass is 222 g/mol. The van der Waals surface area contributed by atoms with Gasteiger partial charge in [-0.2, -0.15) is 0 Å². The minimum atomic E-state index is -0.349. The first-order valence-corrected chi connectivity index (χ1v) is 5.84. The van der Waals surface area contributed by atoms with Crippen molar-refractivity contribution in [3.05, 3.63) is 22.8 Å². The lowest BCUT2D eigenvalue weighted by Crippen LogP contribution is -2.28. The molecule has 0 aromatic heterocycles. The first-order chi connectivity index (χ1) is 7.25. The molecule has 1 unspecified atom stereocenters. The lowest BCUT2D eigenvalue weighted by Gasteiger charge is -2.37. The largest absolute Gasteiger partial charge is 0.389 e. The summed E-state index contributed by atoms with van der Waals surface area (Å²) in [6.45, 7) is 9.84. The molecule has 1 atom stereocenters. The summed E-state index contributed by atoms with van der Waals surface area (Å²) in [6.07, 6.45) is 3.09. The average Bonchev–Trinajstić information content (AvgIpc) is 2.10. The number of aliphatic hydroxyl groups excluding tert-OH is 1. The Balaban J connectivity index is 3.24. The van der Waals surface area contributed by atoms with Gasteiger partial charge in [0.15, 0.2) is 5.78 Å². The topological polar surface area (TPSA) is 37.3 Å². The normalized spacial score (nSPS) is 25.9. The van der Waals surface area contributed by atoms with Crippen LogP contribution in [0.25, 0.3) is 0 Å². The number of carbonyl (C=O) groups excluding carboxylic acids is 1. The van der Waals surface area contributed by atoms with Crippen molar-refractivity contribution in [3.8, 4) is 0 Å². The van der Waals surface area contributed by atoms with Crippen LogP contribution in [0.4, 0.5) is 0 Å². The summed E-state index contributed by atoms with van der Waals surface area (Å²) >= 11 is 0. The molecule has 2 heteroatoms. The number of hydrogen-bond acceptors (Lipinski definition) is 2. The van der Waals surface area contributed by atoms with E-state index in [1.54, 1.807) is 13.0 Å². The molecule has 0 radical (unpaired) electrons. The molecule has 0 amide bonds. The third-order valence-corrected chi connectivity index (χ3v) is 3.43. The Labute approximate surface area is 98.1 Å². The van der Waals surface area contributed by atoms with Gasteiger partial charge < -0.3 is 5.11 Å². The zero-order valence-electron chi connectivity index (χ0n) is 10.9. The molecule has 0 aromatic carbocycles. The van der Waals surface area contributed by atoms with Crippen LogP contribution in [0.1, 0.15) is 47.5 Å². The number of ketones is 1. The van der Waals surface area contributed by atoms with Crippen LogP contribution in [-0.2, 0) is 4.79 Å². The third-order valence-electron chi connectivity index (χ3n) is 3.43. The molecule has 2 nitrogen and oxygen atoms in total. The Kier molecular flexibility index (Phi) is 3.74. The van der Waals surface area contributed by atoms with E-state index < -0.39 is 0 Å². The van der Waals surface area contributed by atoms with Gasteiger partial charge in [0.1, 0.15) is 0 Å². The van der Waals surface area contributed by atoms with Crippen LogP contribution in [0.3, 0.4) is 0 Å². The highest BCUT2D eigenvalue weighted by atomic mass is 16.3. The van der Waals surface area contributed by atoms with E-state index in [0.29, 0.717) is 0 Å². The number of rotatable bonds is 2. The summed E-state index contributed by atoms with van der Waals surface area (Å²) in [4.78, 5) is 11.1. The molecule has 0 bridgehead atoms. The fourth-order valence-electron chi connectivity index (χ4n) is 2.76. The first-order valence-electron chi connectivity index (χ1n) is 5.84. The second-order valence-electron chi connectivity index (χ2n) is 5.43. The van der Waals surface area contributed by atoms with Crippen molar-refractivity contribution in [2.24, 2.45) is 5.41 Å². The minimum absolute atomic E-state index is 0.0549. The van der Waals surface area contributed by atoms with Crippen LogP contribution in [-0.4, -0.2) is 17.0 Å². The lowest BCUT2D eigenvalue weighted by molar-refractivity contribution is -0.112. The maximum Gasteiger partial charge on any atom is 0.152 e. The van der Waals surface area contributed by atoms with Crippen LogP contribution in [0, 0.1) is 5.41 Å². The first kappa shape index (κ1) is 13.2. The second-order valence-corrected chi connectivity index (χ2v) is 5.43. The molecule has 1 N–H and O–H groups in total. The maximum atomic E-state index is 11.1. The molecule has 1 rings (SSSR count). The van der Waals surface area contributed by atoms with Gasteiger partial charge in [-0.1, -0.05) is 13.8 Å². The molecule has 0 saturated carbocycles. The van der Waals surface area contributed by atoms with Crippen molar-refractivity contribution in [1.82, 2.24) is 0 Å². The summed E-state index contributed by atoms with van der Waals surface area (Å²) < 4.78 is 0. The highest BCUT2D eigenvalue weighted by Crippen LogP contribution is 2.43. The van der Waals surface area contributed by atoms with Crippen molar-refractivity contribution in [3.63, 3.8) is 0 Å². The highest BCUT2D eigenvalue weighted by molar-refractivity contribution is 5.88. The molecule has 0 aromatic rings. The standard InChI is InChI=1S/C14H22O2/c1-9(8-10(2)15)13-11(3)12(16)6-7-14(13,4)5/h8,12,16H,6-7H2,1-5H3. The molecule has 1 aliphatic rings. The van der Waals surface area contributed by atoms with Gasteiger partial charge in [0.2, 0.25) is 0 Å². The predicted octanol–water partition coefficient (Wildman–Crippen LogP) is 3.02. The molecular formula is C14H22O2. The highest BCUT2D eigenvalue weighted by Gasteiger charge is 2.33. The van der Waals surface area contributed by atoms with E-state index in [9.17, 15) is 9.90 Å². The van der Waals surface area contributed by atoms with Gasteiger partial charge in [-0.3, -0.25) is 4.79 Å². The van der Waals surface area contributed by atoms with E-state index in [1.165, 1.54) is 0 Å². The molecular weight excluding hydrogens is 200 g/mol. The SMILES string of the molecule is CC(=O)C=C(C)C1=C(C)C(O)CCC1(C)C. The Morgan fingerprint density at radius 3 is 2.50 bits per heavy atom. The van der Waals surface area contributed by atoms with E-state index >= 15 is 0 Å². The van der Waals surface area contributed by atoms with E-state index in [4.69, 9.17) is 0 Å². The van der Waals surface area contributed by atoms with Crippen molar-refractivity contribution in [2.45, 2.75) is 53.6 Å². The predicted molar refractivity (Wildman–Crippen MR) is 66.2 cm³/mol. The van der Waals surface area contributed by atoms with E-state index in [2.05, 4.69) is 13.8 Å². The number of aliphatic hydroxyl groups is 1. The zero-order valence-corrected chi connectivity index (χ0v) is 10.9. The van der Waals surface area contributed by atoms with Gasteiger partial charge in [-0.25, -0.2) is 0 Å². The van der Waals surface area contributed by atoms with Gasteiger partial charge in [0, 0.05) is 0 Å². The molecule has 0 saturated heterocycles. The summed E-state index contributed by atoms with van der Waals surface area (Å²) in [5.41, 5.74) is 3.22. The maximum absolute atomic E-state index is 11.1. The van der Waals surface area contributed by atoms with Crippen molar-refractivity contribution in [1.29, 1.82) is 0 Å². The molecule has 90 valence electrons. The van der Waals surface area contributed by atoms with Gasteiger partial charge in [-0.05, 0) is 61.8 Å². The van der Waals surface area contributed by atoms with Gasteiger partial charge in [-0.15, -0.1) is 0 Å². The molecule has 16 heavy (non-hydrogen) atoms.